The molecule has 13 heteroatoms. The van der Waals surface area contributed by atoms with Crippen LogP contribution in [0.3, 0.4) is 0 Å². The van der Waals surface area contributed by atoms with Crippen molar-refractivity contribution in [3.05, 3.63) is 58.1 Å². The van der Waals surface area contributed by atoms with Crippen molar-refractivity contribution >= 4 is 33.1 Å². The van der Waals surface area contributed by atoms with Crippen LogP contribution in [0.15, 0.2) is 41.3 Å². The molecule has 1 heterocycles. The van der Waals surface area contributed by atoms with E-state index in [1.54, 1.807) is 18.7 Å². The molecule has 2 aromatic rings. The van der Waals surface area contributed by atoms with Crippen LogP contribution in [0.25, 0.3) is 0 Å². The summed E-state index contributed by atoms with van der Waals surface area (Å²) in [5.74, 6) is -1.66. The third-order valence-electron chi connectivity index (χ3n) is 5.57. The van der Waals surface area contributed by atoms with E-state index < -0.39 is 32.6 Å². The quantitative estimate of drug-likeness (QED) is 0.464. The first-order valence-corrected chi connectivity index (χ1v) is 12.1. The lowest BCUT2D eigenvalue weighted by Crippen LogP contribution is -2.50. The Kier molecular flexibility index (Phi) is 7.67. The Labute approximate surface area is 196 Å². The van der Waals surface area contributed by atoms with Crippen molar-refractivity contribution in [2.24, 2.45) is 0 Å². The van der Waals surface area contributed by atoms with E-state index in [0.29, 0.717) is 6.07 Å². The van der Waals surface area contributed by atoms with E-state index in [-0.39, 0.29) is 61.2 Å². The zero-order valence-corrected chi connectivity index (χ0v) is 19.5. The predicted octanol–water partition coefficient (Wildman–Crippen LogP) is 3.26. The van der Waals surface area contributed by atoms with Crippen LogP contribution in [0.5, 0.6) is 0 Å². The lowest BCUT2D eigenvalue weighted by Gasteiger charge is -2.35. The van der Waals surface area contributed by atoms with Crippen molar-refractivity contribution in [1.82, 2.24) is 9.21 Å². The number of nitrogens with zero attached hydrogens (tertiary/aromatic N) is 4. The maximum atomic E-state index is 13.8. The normalized spacial score (nSPS) is 14.4. The molecule has 10 nitrogen and oxygen atoms in total. The highest BCUT2D eigenvalue weighted by Gasteiger charge is 2.29. The van der Waals surface area contributed by atoms with Crippen molar-refractivity contribution in [1.29, 1.82) is 0 Å². The molecular weight excluding hydrogens is 472 g/mol. The Balaban J connectivity index is 1.74. The van der Waals surface area contributed by atoms with Gasteiger partial charge in [0.05, 0.1) is 15.5 Å². The van der Waals surface area contributed by atoms with Crippen molar-refractivity contribution in [2.45, 2.75) is 18.7 Å². The lowest BCUT2D eigenvalue weighted by atomic mass is 10.2. The van der Waals surface area contributed by atoms with Gasteiger partial charge in [-0.2, -0.15) is 4.31 Å². The summed E-state index contributed by atoms with van der Waals surface area (Å²) in [5.41, 5.74) is -0.262. The van der Waals surface area contributed by atoms with Crippen molar-refractivity contribution < 1.29 is 26.9 Å². The van der Waals surface area contributed by atoms with E-state index in [9.17, 15) is 32.1 Å². The predicted molar refractivity (Wildman–Crippen MR) is 122 cm³/mol. The smallest absolute Gasteiger partial charge is 0.322 e. The number of anilines is 2. The highest BCUT2D eigenvalue weighted by Crippen LogP contribution is 2.32. The van der Waals surface area contributed by atoms with Gasteiger partial charge in [0.25, 0.3) is 5.69 Å². The van der Waals surface area contributed by atoms with Crippen LogP contribution in [0.4, 0.5) is 30.6 Å². The summed E-state index contributed by atoms with van der Waals surface area (Å²) in [7, 11) is -3.87. The number of hydrogen-bond acceptors (Lipinski definition) is 6. The number of amides is 2. The molecule has 34 heavy (non-hydrogen) atoms. The summed E-state index contributed by atoms with van der Waals surface area (Å²) in [6.45, 7) is 4.69. The van der Waals surface area contributed by atoms with Gasteiger partial charge in [0.2, 0.25) is 10.0 Å². The number of rotatable bonds is 7. The van der Waals surface area contributed by atoms with Crippen LogP contribution in [-0.4, -0.2) is 67.8 Å². The fourth-order valence-electron chi connectivity index (χ4n) is 3.73. The molecule has 1 saturated heterocycles. The molecule has 0 bridgehead atoms. The molecule has 1 fully saturated rings. The highest BCUT2D eigenvalue weighted by molar-refractivity contribution is 7.89. The van der Waals surface area contributed by atoms with Gasteiger partial charge in [-0.3, -0.25) is 10.1 Å². The van der Waals surface area contributed by atoms with E-state index in [2.05, 4.69) is 5.32 Å². The van der Waals surface area contributed by atoms with Crippen LogP contribution in [0.1, 0.15) is 13.8 Å². The Morgan fingerprint density at radius 3 is 2.29 bits per heavy atom. The second-order valence-corrected chi connectivity index (χ2v) is 9.46. The summed E-state index contributed by atoms with van der Waals surface area (Å²) in [6, 6.07) is 6.02. The van der Waals surface area contributed by atoms with Gasteiger partial charge in [-0.1, -0.05) is 13.8 Å². The Morgan fingerprint density at radius 1 is 1.09 bits per heavy atom. The number of piperazine rings is 1. The number of nitro groups is 1. The molecule has 0 aromatic heterocycles. The van der Waals surface area contributed by atoms with E-state index in [1.165, 1.54) is 21.3 Å². The molecule has 0 saturated carbocycles. The molecule has 2 aromatic carbocycles. The number of nitrogens with one attached hydrogen (secondary N) is 1. The molecule has 0 unspecified atom stereocenters. The standard InChI is InChI=1S/C21H25F2N5O5S/c1-3-27(4-2)34(32,33)16-6-8-19(20(14-16)28(30)31)25-9-11-26(12-10-25)21(29)24-18-7-5-15(22)13-17(18)23/h5-8,13-14H,3-4,9-12H2,1-2H3,(H,24,29). The number of halogens is 2. The van der Waals surface area contributed by atoms with Gasteiger partial charge in [-0.25, -0.2) is 22.0 Å². The summed E-state index contributed by atoms with van der Waals surface area (Å²) >= 11 is 0. The first-order valence-electron chi connectivity index (χ1n) is 10.6. The van der Waals surface area contributed by atoms with Crippen molar-refractivity contribution in [2.75, 3.05) is 49.5 Å². The van der Waals surface area contributed by atoms with Crippen molar-refractivity contribution in [3.63, 3.8) is 0 Å². The largest absolute Gasteiger partial charge is 0.362 e. The average Bonchev–Trinajstić information content (AvgIpc) is 2.81. The van der Waals surface area contributed by atoms with E-state index in [0.717, 1.165) is 18.2 Å². The number of carbonyl (C=O) groups is 1. The third-order valence-corrected chi connectivity index (χ3v) is 7.61. The fourth-order valence-corrected chi connectivity index (χ4v) is 5.20. The molecule has 0 spiro atoms. The minimum Gasteiger partial charge on any atom is -0.362 e. The zero-order chi connectivity index (χ0) is 25.0. The first kappa shape index (κ1) is 25.3. The molecule has 1 aliphatic heterocycles. The van der Waals surface area contributed by atoms with Crippen LogP contribution in [0.2, 0.25) is 0 Å². The van der Waals surface area contributed by atoms with Gasteiger partial charge in [-0.05, 0) is 24.3 Å². The van der Waals surface area contributed by atoms with E-state index >= 15 is 0 Å². The van der Waals surface area contributed by atoms with Crippen LogP contribution in [0, 0.1) is 21.7 Å². The number of carbonyl (C=O) groups excluding carboxylic acids is 1. The maximum absolute atomic E-state index is 13.8. The molecule has 0 aliphatic carbocycles. The van der Waals surface area contributed by atoms with Gasteiger partial charge >= 0.3 is 6.03 Å². The minimum absolute atomic E-state index is 0.158. The monoisotopic (exact) mass is 497 g/mol. The Hall–Kier alpha value is -3.32. The Bertz CT molecular complexity index is 1180. The van der Waals surface area contributed by atoms with Crippen molar-refractivity contribution in [3.8, 4) is 0 Å². The van der Waals surface area contributed by atoms with Crippen LogP contribution in [-0.2, 0) is 10.0 Å². The number of benzene rings is 2. The Morgan fingerprint density at radius 2 is 1.74 bits per heavy atom. The van der Waals surface area contributed by atoms with E-state index in [4.69, 9.17) is 0 Å². The first-order chi connectivity index (χ1) is 16.1. The third kappa shape index (κ3) is 5.25. The molecule has 0 radical (unpaired) electrons. The summed E-state index contributed by atoms with van der Waals surface area (Å²) in [5, 5.41) is 14.1. The van der Waals surface area contributed by atoms with Gasteiger partial charge in [0.1, 0.15) is 17.3 Å². The van der Waals surface area contributed by atoms with E-state index in [1.807, 2.05) is 0 Å². The lowest BCUT2D eigenvalue weighted by molar-refractivity contribution is -0.384. The summed E-state index contributed by atoms with van der Waals surface area (Å²) in [4.78, 5) is 26.5. The molecule has 3 rings (SSSR count). The molecule has 184 valence electrons. The van der Waals surface area contributed by atoms with Gasteiger partial charge < -0.3 is 15.1 Å². The number of nitro benzene ring substituents is 1. The molecule has 2 amide bonds. The second kappa shape index (κ2) is 10.3. The van der Waals surface area contributed by atoms with Gasteiger partial charge in [0, 0.05) is 51.4 Å². The van der Waals surface area contributed by atoms with Crippen LogP contribution >= 0.6 is 0 Å². The fraction of sp³-hybridized carbons (Fsp3) is 0.381. The zero-order valence-electron chi connectivity index (χ0n) is 18.7. The number of urea groups is 1. The minimum atomic E-state index is -3.87. The van der Waals surface area contributed by atoms with Gasteiger partial charge in [0.15, 0.2) is 0 Å². The topological polar surface area (TPSA) is 116 Å². The molecule has 1 aliphatic rings. The molecular formula is C21H25F2N5O5S. The molecule has 1 N–H and O–H groups in total. The van der Waals surface area contributed by atoms with Gasteiger partial charge in [-0.15, -0.1) is 0 Å². The second-order valence-electron chi connectivity index (χ2n) is 7.53. The highest BCUT2D eigenvalue weighted by atomic mass is 32.2. The number of hydrogen-bond donors (Lipinski definition) is 1. The SMILES string of the molecule is CCN(CC)S(=O)(=O)c1ccc(N2CCN(C(=O)Nc3ccc(F)cc3F)CC2)c([N+](=O)[O-])c1. The number of sulfonamides is 1. The van der Waals surface area contributed by atoms with Crippen LogP contribution < -0.4 is 10.2 Å². The maximum Gasteiger partial charge on any atom is 0.322 e. The average molecular weight is 498 g/mol. The molecule has 0 atom stereocenters. The summed E-state index contributed by atoms with van der Waals surface area (Å²) < 4.78 is 53.6. The summed E-state index contributed by atoms with van der Waals surface area (Å²) in [6.07, 6.45) is 0.